The molecule has 2 rings (SSSR count). The molecule has 0 amide bonds. The number of nitro benzene ring substituents is 1. The molecule has 0 atom stereocenters. The van der Waals surface area contributed by atoms with Gasteiger partial charge in [-0.05, 0) is 43.2 Å². The fourth-order valence-corrected chi connectivity index (χ4v) is 1.99. The van der Waals surface area contributed by atoms with Crippen LogP contribution in [0.1, 0.15) is 16.7 Å². The second-order valence-corrected chi connectivity index (χ2v) is 4.75. The Hall–Kier alpha value is -2.63. The van der Waals surface area contributed by atoms with Crippen molar-refractivity contribution in [3.05, 3.63) is 57.3 Å². The van der Waals surface area contributed by atoms with Crippen molar-refractivity contribution in [2.45, 2.75) is 20.5 Å². The Kier molecular flexibility index (Phi) is 4.37. The van der Waals surface area contributed by atoms with Crippen LogP contribution in [-0.2, 0) is 6.61 Å². The number of nitro groups is 1. The maximum Gasteiger partial charge on any atom is 0.272 e. The molecule has 0 radical (unpaired) electrons. The lowest BCUT2D eigenvalue weighted by Gasteiger charge is -2.11. The summed E-state index contributed by atoms with van der Waals surface area (Å²) < 4.78 is 5.76. The molecule has 0 aliphatic heterocycles. The maximum atomic E-state index is 10.9. The zero-order chi connectivity index (χ0) is 15.4. The zero-order valence-corrected chi connectivity index (χ0v) is 12.2. The lowest BCUT2D eigenvalue weighted by Crippen LogP contribution is -2.01. The molecule has 0 spiro atoms. The van der Waals surface area contributed by atoms with E-state index in [1.54, 1.807) is 33.2 Å². The third kappa shape index (κ3) is 3.47. The minimum Gasteiger partial charge on any atom is -0.489 e. The number of aryl methyl sites for hydroxylation is 2. The van der Waals surface area contributed by atoms with Crippen LogP contribution in [-0.4, -0.2) is 17.0 Å². The van der Waals surface area contributed by atoms with Gasteiger partial charge in [0.2, 0.25) is 0 Å². The first kappa shape index (κ1) is 14.8. The van der Waals surface area contributed by atoms with Crippen LogP contribution in [0.3, 0.4) is 0 Å². The van der Waals surface area contributed by atoms with Gasteiger partial charge in [0.1, 0.15) is 18.2 Å². The Morgan fingerprint density at radius 3 is 2.71 bits per heavy atom. The minimum absolute atomic E-state index is 0.112. The van der Waals surface area contributed by atoms with Crippen molar-refractivity contribution in [2.24, 2.45) is 0 Å². The molecule has 0 aliphatic rings. The molecule has 1 aromatic carbocycles. The number of nitrogens with zero attached hydrogens (tertiary/aromatic N) is 2. The molecule has 0 unspecified atom stereocenters. The van der Waals surface area contributed by atoms with E-state index in [4.69, 9.17) is 4.74 Å². The summed E-state index contributed by atoms with van der Waals surface area (Å²) in [5.74, 6) is 1.42. The SMILES string of the molecule is CNc1cc(COc2cc(C)c([N+](=O)[O-])cc2C)ccn1. The molecule has 0 fully saturated rings. The highest BCUT2D eigenvalue weighted by atomic mass is 16.6. The molecule has 2 aromatic rings. The van der Waals surface area contributed by atoms with Gasteiger partial charge >= 0.3 is 0 Å². The van der Waals surface area contributed by atoms with Gasteiger partial charge in [0.15, 0.2) is 0 Å². The molecule has 1 heterocycles. The normalized spacial score (nSPS) is 10.2. The van der Waals surface area contributed by atoms with Crippen molar-refractivity contribution in [2.75, 3.05) is 12.4 Å². The molecular weight excluding hydrogens is 270 g/mol. The molecule has 1 aromatic heterocycles. The summed E-state index contributed by atoms with van der Waals surface area (Å²) in [7, 11) is 1.80. The number of ether oxygens (including phenoxy) is 1. The smallest absolute Gasteiger partial charge is 0.272 e. The van der Waals surface area contributed by atoms with E-state index in [0.29, 0.717) is 17.9 Å². The first-order valence-electron chi connectivity index (χ1n) is 6.52. The van der Waals surface area contributed by atoms with E-state index in [2.05, 4.69) is 10.3 Å². The number of nitrogens with one attached hydrogen (secondary N) is 1. The number of aromatic nitrogens is 1. The predicted octanol–water partition coefficient (Wildman–Crippen LogP) is 3.23. The number of hydrogen-bond donors (Lipinski definition) is 1. The lowest BCUT2D eigenvalue weighted by molar-refractivity contribution is -0.385. The summed E-state index contributed by atoms with van der Waals surface area (Å²) in [4.78, 5) is 14.6. The van der Waals surface area contributed by atoms with Gasteiger partial charge in [-0.15, -0.1) is 0 Å². The van der Waals surface area contributed by atoms with E-state index < -0.39 is 0 Å². The second kappa shape index (κ2) is 6.21. The fraction of sp³-hybridized carbons (Fsp3) is 0.267. The maximum absolute atomic E-state index is 10.9. The number of anilines is 1. The molecule has 21 heavy (non-hydrogen) atoms. The van der Waals surface area contributed by atoms with Gasteiger partial charge in [-0.2, -0.15) is 0 Å². The standard InChI is InChI=1S/C15H17N3O3/c1-10-7-14(11(2)6-13(10)18(19)20)21-9-12-4-5-17-15(8-12)16-3/h4-8H,9H2,1-3H3,(H,16,17). The van der Waals surface area contributed by atoms with Gasteiger partial charge in [-0.3, -0.25) is 10.1 Å². The highest BCUT2D eigenvalue weighted by Crippen LogP contribution is 2.28. The molecule has 0 saturated carbocycles. The second-order valence-electron chi connectivity index (χ2n) is 4.75. The van der Waals surface area contributed by atoms with E-state index in [9.17, 15) is 10.1 Å². The van der Waals surface area contributed by atoms with Crippen molar-refractivity contribution < 1.29 is 9.66 Å². The van der Waals surface area contributed by atoms with Crippen LogP contribution in [0.15, 0.2) is 30.5 Å². The van der Waals surface area contributed by atoms with Crippen LogP contribution in [0.2, 0.25) is 0 Å². The van der Waals surface area contributed by atoms with Gasteiger partial charge in [-0.1, -0.05) is 0 Å². The van der Waals surface area contributed by atoms with Gasteiger partial charge in [-0.25, -0.2) is 4.98 Å². The van der Waals surface area contributed by atoms with Gasteiger partial charge in [0.05, 0.1) is 4.92 Å². The van der Waals surface area contributed by atoms with Gasteiger partial charge in [0.25, 0.3) is 5.69 Å². The van der Waals surface area contributed by atoms with Crippen LogP contribution in [0.25, 0.3) is 0 Å². The minimum atomic E-state index is -0.381. The van der Waals surface area contributed by atoms with E-state index in [1.807, 2.05) is 12.1 Å². The van der Waals surface area contributed by atoms with Crippen LogP contribution >= 0.6 is 0 Å². The highest BCUT2D eigenvalue weighted by Gasteiger charge is 2.14. The molecular formula is C15H17N3O3. The third-order valence-corrected chi connectivity index (χ3v) is 3.17. The average Bonchev–Trinajstić information content (AvgIpc) is 2.47. The first-order chi connectivity index (χ1) is 10.0. The summed E-state index contributed by atoms with van der Waals surface area (Å²) in [6, 6.07) is 7.01. The Morgan fingerprint density at radius 2 is 2.05 bits per heavy atom. The molecule has 1 N–H and O–H groups in total. The van der Waals surface area contributed by atoms with Gasteiger partial charge < -0.3 is 10.1 Å². The van der Waals surface area contributed by atoms with E-state index in [0.717, 1.165) is 16.9 Å². The Bertz CT molecular complexity index is 671. The van der Waals surface area contributed by atoms with Crippen molar-refractivity contribution in [1.29, 1.82) is 0 Å². The molecule has 0 saturated heterocycles. The van der Waals surface area contributed by atoms with Gasteiger partial charge in [0, 0.05) is 24.9 Å². The molecule has 0 aliphatic carbocycles. The van der Waals surface area contributed by atoms with E-state index in [1.165, 1.54) is 6.07 Å². The van der Waals surface area contributed by atoms with E-state index in [-0.39, 0.29) is 10.6 Å². The topological polar surface area (TPSA) is 77.3 Å². The number of pyridine rings is 1. The predicted molar refractivity (Wildman–Crippen MR) is 80.7 cm³/mol. The molecule has 0 bridgehead atoms. The number of benzene rings is 1. The first-order valence-corrected chi connectivity index (χ1v) is 6.52. The van der Waals surface area contributed by atoms with Crippen LogP contribution < -0.4 is 10.1 Å². The number of hydrogen-bond acceptors (Lipinski definition) is 5. The van der Waals surface area contributed by atoms with Crippen LogP contribution in [0.4, 0.5) is 11.5 Å². The zero-order valence-electron chi connectivity index (χ0n) is 12.2. The highest BCUT2D eigenvalue weighted by molar-refractivity contribution is 5.49. The molecule has 6 heteroatoms. The summed E-state index contributed by atoms with van der Waals surface area (Å²) in [6.07, 6.45) is 1.71. The van der Waals surface area contributed by atoms with Crippen molar-refractivity contribution >= 4 is 11.5 Å². The average molecular weight is 287 g/mol. The summed E-state index contributed by atoms with van der Waals surface area (Å²) in [5.41, 5.74) is 2.42. The summed E-state index contributed by atoms with van der Waals surface area (Å²) in [6.45, 7) is 3.89. The Morgan fingerprint density at radius 1 is 1.29 bits per heavy atom. The van der Waals surface area contributed by atoms with Crippen molar-refractivity contribution in [3.63, 3.8) is 0 Å². The van der Waals surface area contributed by atoms with Crippen molar-refractivity contribution in [3.8, 4) is 5.75 Å². The summed E-state index contributed by atoms with van der Waals surface area (Å²) >= 11 is 0. The number of rotatable bonds is 5. The summed E-state index contributed by atoms with van der Waals surface area (Å²) in [5, 5.41) is 13.9. The molecule has 6 nitrogen and oxygen atoms in total. The lowest BCUT2D eigenvalue weighted by atomic mass is 10.1. The quantitative estimate of drug-likeness (QED) is 0.674. The fourth-order valence-electron chi connectivity index (χ4n) is 1.99. The largest absolute Gasteiger partial charge is 0.489 e. The monoisotopic (exact) mass is 287 g/mol. The van der Waals surface area contributed by atoms with Crippen LogP contribution in [0, 0.1) is 24.0 Å². The van der Waals surface area contributed by atoms with Crippen LogP contribution in [0.5, 0.6) is 5.75 Å². The molecule has 110 valence electrons. The van der Waals surface area contributed by atoms with Crippen molar-refractivity contribution in [1.82, 2.24) is 4.98 Å². The third-order valence-electron chi connectivity index (χ3n) is 3.17. The Balaban J connectivity index is 2.16. The Labute approximate surface area is 122 Å². The van der Waals surface area contributed by atoms with E-state index >= 15 is 0 Å².